The molecule has 0 aliphatic carbocycles. The van der Waals surface area contributed by atoms with E-state index in [1.165, 1.54) is 0 Å². The van der Waals surface area contributed by atoms with E-state index in [-0.39, 0.29) is 23.8 Å². The van der Waals surface area contributed by atoms with Crippen molar-refractivity contribution < 1.29 is 30.8 Å². The summed E-state index contributed by atoms with van der Waals surface area (Å²) in [5, 5.41) is 16.8. The van der Waals surface area contributed by atoms with Gasteiger partial charge < -0.3 is 21.2 Å². The topological polar surface area (TPSA) is 138 Å². The summed E-state index contributed by atoms with van der Waals surface area (Å²) in [6.07, 6.45) is 8.51. The molecule has 0 aromatic carbocycles. The Labute approximate surface area is 108 Å². The predicted molar refractivity (Wildman–Crippen MR) is 68.7 cm³/mol. The molecule has 6 nitrogen and oxygen atoms in total. The maximum atomic E-state index is 10.2. The molecule has 0 fully saturated rings. The van der Waals surface area contributed by atoms with Crippen LogP contribution in [0.15, 0.2) is 0 Å². The maximum absolute atomic E-state index is 10.2. The van der Waals surface area contributed by atoms with Crippen LogP contribution in [-0.2, 0) is 9.59 Å². The minimum absolute atomic E-state index is 0. The molecular weight excluding hydrogens is 240 g/mol. The highest BCUT2D eigenvalue weighted by Gasteiger charge is 1.98. The Morgan fingerprint density at radius 2 is 0.778 bits per heavy atom. The highest BCUT2D eigenvalue weighted by molar-refractivity contribution is 5.66. The van der Waals surface area contributed by atoms with Crippen LogP contribution in [0.3, 0.4) is 0 Å². The van der Waals surface area contributed by atoms with Crippen molar-refractivity contribution in [2.45, 2.75) is 64.2 Å². The minimum atomic E-state index is -0.714. The maximum Gasteiger partial charge on any atom is 0.303 e. The molecule has 0 aliphatic rings. The molecule has 0 aromatic heterocycles. The van der Waals surface area contributed by atoms with Crippen molar-refractivity contribution in [3.8, 4) is 0 Å². The second-order valence-electron chi connectivity index (χ2n) is 4.12. The highest BCUT2D eigenvalue weighted by atomic mass is 16.4. The van der Waals surface area contributed by atoms with Crippen molar-refractivity contribution in [3.05, 3.63) is 0 Å². The van der Waals surface area contributed by atoms with Crippen LogP contribution in [0.25, 0.3) is 0 Å². The third-order valence-electron chi connectivity index (χ3n) is 2.53. The van der Waals surface area contributed by atoms with Gasteiger partial charge in [-0.1, -0.05) is 38.5 Å². The van der Waals surface area contributed by atoms with Crippen molar-refractivity contribution in [1.29, 1.82) is 0 Å². The fourth-order valence-electron chi connectivity index (χ4n) is 1.61. The van der Waals surface area contributed by atoms with E-state index in [1.54, 1.807) is 0 Å². The number of hydrogen-bond acceptors (Lipinski definition) is 2. The second kappa shape index (κ2) is 15.9. The van der Waals surface area contributed by atoms with E-state index < -0.39 is 11.9 Å². The molecule has 0 aliphatic heterocycles. The fourth-order valence-corrected chi connectivity index (χ4v) is 1.61. The summed E-state index contributed by atoms with van der Waals surface area (Å²) in [4.78, 5) is 20.4. The van der Waals surface area contributed by atoms with E-state index in [2.05, 4.69) is 0 Å². The van der Waals surface area contributed by atoms with Gasteiger partial charge in [-0.15, -0.1) is 0 Å². The minimum Gasteiger partial charge on any atom is -0.481 e. The number of carbonyl (C=O) groups is 2. The average Bonchev–Trinajstić information content (AvgIpc) is 2.20. The van der Waals surface area contributed by atoms with Crippen LogP contribution in [0.5, 0.6) is 0 Å². The normalized spacial score (nSPS) is 9.11. The zero-order valence-electron chi connectivity index (χ0n) is 10.8. The molecule has 0 saturated heterocycles. The lowest BCUT2D eigenvalue weighted by Crippen LogP contribution is -1.94. The van der Waals surface area contributed by atoms with Crippen LogP contribution in [0.4, 0.5) is 0 Å². The van der Waals surface area contributed by atoms with Gasteiger partial charge in [-0.3, -0.25) is 9.59 Å². The van der Waals surface area contributed by atoms with Gasteiger partial charge in [0.1, 0.15) is 0 Å². The Morgan fingerprint density at radius 1 is 0.556 bits per heavy atom. The van der Waals surface area contributed by atoms with E-state index in [1.807, 2.05) is 0 Å². The molecule has 0 bridgehead atoms. The molecule has 0 spiro atoms. The second-order valence-corrected chi connectivity index (χ2v) is 4.12. The summed E-state index contributed by atoms with van der Waals surface area (Å²) in [6, 6.07) is 0. The molecule has 18 heavy (non-hydrogen) atoms. The van der Waals surface area contributed by atoms with Crippen LogP contribution in [0, 0.1) is 0 Å². The monoisotopic (exact) mass is 266 g/mol. The van der Waals surface area contributed by atoms with E-state index >= 15 is 0 Å². The molecule has 0 heterocycles. The summed E-state index contributed by atoms with van der Waals surface area (Å²) < 4.78 is 0. The Hall–Kier alpha value is -1.14. The SMILES string of the molecule is O.O.O=C(O)CCCCCCCCCCC(=O)O. The fraction of sp³-hybridized carbons (Fsp3) is 0.833. The van der Waals surface area contributed by atoms with Gasteiger partial charge in [-0.2, -0.15) is 0 Å². The molecule has 0 amide bonds. The first-order chi connectivity index (χ1) is 7.63. The van der Waals surface area contributed by atoms with Gasteiger partial charge in [0.05, 0.1) is 0 Å². The van der Waals surface area contributed by atoms with Gasteiger partial charge in [0.2, 0.25) is 0 Å². The molecule has 0 unspecified atom stereocenters. The van der Waals surface area contributed by atoms with Crippen molar-refractivity contribution in [3.63, 3.8) is 0 Å². The first kappa shape index (κ1) is 22.1. The molecule has 0 saturated carbocycles. The largest absolute Gasteiger partial charge is 0.481 e. The van der Waals surface area contributed by atoms with Crippen LogP contribution in [0.1, 0.15) is 64.2 Å². The average molecular weight is 266 g/mol. The van der Waals surface area contributed by atoms with Crippen molar-refractivity contribution >= 4 is 11.9 Å². The molecule has 0 rings (SSSR count). The first-order valence-electron chi connectivity index (χ1n) is 6.06. The predicted octanol–water partition coefficient (Wildman–Crippen LogP) is 1.41. The van der Waals surface area contributed by atoms with Gasteiger partial charge in [0.25, 0.3) is 0 Å². The van der Waals surface area contributed by atoms with Crippen LogP contribution in [0.2, 0.25) is 0 Å². The lowest BCUT2D eigenvalue weighted by molar-refractivity contribution is -0.138. The number of carboxylic acids is 2. The molecule has 6 heteroatoms. The number of carboxylic acid groups (broad SMARTS) is 2. The Bertz CT molecular complexity index is 183. The Balaban J connectivity index is -0.00000112. The lowest BCUT2D eigenvalue weighted by atomic mass is 10.1. The zero-order valence-corrected chi connectivity index (χ0v) is 10.8. The Kier molecular flexibility index (Phi) is 19.5. The molecule has 0 atom stereocenters. The van der Waals surface area contributed by atoms with Crippen LogP contribution in [-0.4, -0.2) is 33.1 Å². The summed E-state index contributed by atoms with van der Waals surface area (Å²) in [5.74, 6) is -1.43. The number of unbranched alkanes of at least 4 members (excludes halogenated alkanes) is 7. The summed E-state index contributed by atoms with van der Waals surface area (Å²) in [5.41, 5.74) is 0. The van der Waals surface area contributed by atoms with Crippen molar-refractivity contribution in [1.82, 2.24) is 0 Å². The van der Waals surface area contributed by atoms with E-state index in [0.717, 1.165) is 51.4 Å². The van der Waals surface area contributed by atoms with Gasteiger partial charge in [0, 0.05) is 12.8 Å². The highest BCUT2D eigenvalue weighted by Crippen LogP contribution is 2.10. The summed E-state index contributed by atoms with van der Waals surface area (Å²) in [7, 11) is 0. The molecule has 6 N–H and O–H groups in total. The molecule has 0 aromatic rings. The quantitative estimate of drug-likeness (QED) is 0.546. The number of aliphatic carboxylic acids is 2. The van der Waals surface area contributed by atoms with Gasteiger partial charge >= 0.3 is 11.9 Å². The lowest BCUT2D eigenvalue weighted by Gasteiger charge is -2.00. The van der Waals surface area contributed by atoms with Gasteiger partial charge in [-0.25, -0.2) is 0 Å². The van der Waals surface area contributed by atoms with Crippen molar-refractivity contribution in [2.24, 2.45) is 0 Å². The number of rotatable bonds is 11. The van der Waals surface area contributed by atoms with Gasteiger partial charge in [0.15, 0.2) is 0 Å². The summed E-state index contributed by atoms with van der Waals surface area (Å²) in [6.45, 7) is 0. The molecular formula is C12H26O6. The van der Waals surface area contributed by atoms with E-state index in [9.17, 15) is 9.59 Å². The van der Waals surface area contributed by atoms with Crippen LogP contribution < -0.4 is 0 Å². The molecule has 0 radical (unpaired) electrons. The standard InChI is InChI=1S/C12H22O4.2H2O/c13-11(14)9-7-5-3-1-2-4-6-8-10-12(15)16;;/h1-10H2,(H,13,14)(H,15,16);2*1H2. The van der Waals surface area contributed by atoms with Crippen LogP contribution >= 0.6 is 0 Å². The third kappa shape index (κ3) is 20.3. The van der Waals surface area contributed by atoms with E-state index in [4.69, 9.17) is 10.2 Å². The Morgan fingerprint density at radius 3 is 1.00 bits per heavy atom. The van der Waals surface area contributed by atoms with Gasteiger partial charge in [-0.05, 0) is 12.8 Å². The molecule has 110 valence electrons. The number of hydrogen-bond donors (Lipinski definition) is 2. The third-order valence-corrected chi connectivity index (χ3v) is 2.53. The smallest absolute Gasteiger partial charge is 0.303 e. The van der Waals surface area contributed by atoms with Crippen molar-refractivity contribution in [2.75, 3.05) is 0 Å². The summed E-state index contributed by atoms with van der Waals surface area (Å²) >= 11 is 0. The van der Waals surface area contributed by atoms with E-state index in [0.29, 0.717) is 0 Å². The first-order valence-corrected chi connectivity index (χ1v) is 6.06. The zero-order chi connectivity index (χ0) is 12.2.